The van der Waals surface area contributed by atoms with Crippen LogP contribution in [0.3, 0.4) is 0 Å². The van der Waals surface area contributed by atoms with Crippen LogP contribution in [0.2, 0.25) is 0 Å². The quantitative estimate of drug-likeness (QED) is 0.289. The van der Waals surface area contributed by atoms with Gasteiger partial charge in [-0.05, 0) is 24.8 Å². The molecule has 0 aromatic carbocycles. The van der Waals surface area contributed by atoms with Crippen molar-refractivity contribution in [3.05, 3.63) is 16.1 Å². The molecule has 3 unspecified atom stereocenters. The number of nitrogens with zero attached hydrogens (tertiary/aromatic N) is 2. The summed E-state index contributed by atoms with van der Waals surface area (Å²) in [5, 5.41) is 18.1. The van der Waals surface area contributed by atoms with Crippen LogP contribution in [0.15, 0.2) is 5.38 Å². The molecule has 34 heavy (non-hydrogen) atoms. The van der Waals surface area contributed by atoms with Crippen molar-refractivity contribution in [2.24, 2.45) is 23.5 Å². The minimum Gasteiger partial charge on any atom is -0.374 e. The number of aromatic nitrogens is 1. The number of hydrogen-bond donors (Lipinski definition) is 4. The first-order chi connectivity index (χ1) is 15.9. The van der Waals surface area contributed by atoms with Gasteiger partial charge in [0.15, 0.2) is 0 Å². The Bertz CT molecular complexity index is 770. The number of hydrogen-bond acceptors (Lipinski definition) is 8. The Morgan fingerprint density at radius 3 is 2.24 bits per heavy atom. The van der Waals surface area contributed by atoms with Crippen molar-refractivity contribution in [3.63, 3.8) is 0 Å². The van der Waals surface area contributed by atoms with Crippen molar-refractivity contribution in [2.75, 3.05) is 21.2 Å². The molecule has 0 radical (unpaired) electrons. The minimum atomic E-state index is -1.14. The molecule has 0 saturated carbocycles. The van der Waals surface area contributed by atoms with Crippen molar-refractivity contribution < 1.29 is 19.4 Å². The fourth-order valence-electron chi connectivity index (χ4n) is 4.06. The molecule has 6 atom stereocenters. The van der Waals surface area contributed by atoms with Crippen LogP contribution in [0.4, 0.5) is 0 Å². The SMILES string of the molecule is CCC(C)[C@H](NC(=O)[C@@H](NC)C(C)C)C(=O)N(C)[C@H](CC(OC)c1nc(C(N)O)cs1)C(C)C. The summed E-state index contributed by atoms with van der Waals surface area (Å²) < 4.78 is 5.72. The zero-order valence-corrected chi connectivity index (χ0v) is 23.0. The summed E-state index contributed by atoms with van der Waals surface area (Å²) in [4.78, 5) is 32.8. The van der Waals surface area contributed by atoms with Crippen LogP contribution in [-0.2, 0) is 14.3 Å². The molecule has 1 aromatic rings. The molecule has 2 amide bonds. The summed E-state index contributed by atoms with van der Waals surface area (Å²) in [7, 11) is 5.15. The number of aliphatic hydroxyl groups is 1. The zero-order valence-electron chi connectivity index (χ0n) is 22.2. The smallest absolute Gasteiger partial charge is 0.245 e. The van der Waals surface area contributed by atoms with Gasteiger partial charge in [-0.15, -0.1) is 11.3 Å². The van der Waals surface area contributed by atoms with Crippen molar-refractivity contribution in [1.82, 2.24) is 20.5 Å². The van der Waals surface area contributed by atoms with E-state index in [-0.39, 0.29) is 47.8 Å². The third-order valence-electron chi connectivity index (χ3n) is 6.51. The Labute approximate surface area is 208 Å². The molecule has 10 heteroatoms. The number of nitrogens with two attached hydrogens (primary N) is 1. The first-order valence-corrected chi connectivity index (χ1v) is 12.9. The largest absolute Gasteiger partial charge is 0.374 e. The van der Waals surface area contributed by atoms with E-state index in [2.05, 4.69) is 29.5 Å². The molecule has 0 fully saturated rings. The van der Waals surface area contributed by atoms with E-state index in [0.717, 1.165) is 6.42 Å². The molecule has 0 spiro atoms. The van der Waals surface area contributed by atoms with E-state index < -0.39 is 12.3 Å². The van der Waals surface area contributed by atoms with Crippen LogP contribution >= 0.6 is 11.3 Å². The number of carbonyl (C=O) groups is 2. The molecule has 0 aliphatic rings. The standard InChI is InChI=1S/C24H45N5O4S/c1-10-15(6)20(28-22(31)19(26-7)14(4)5)24(32)29(8)17(13(2)3)11-18(33-9)23-27-16(12-34-23)21(25)30/h12-15,17-21,26,30H,10-11,25H2,1-9H3,(H,28,31)/t15?,17-,18?,19+,20+,21?/m1/s1. The fourth-order valence-corrected chi connectivity index (χ4v) is 4.99. The van der Waals surface area contributed by atoms with Gasteiger partial charge in [0.1, 0.15) is 23.4 Å². The summed E-state index contributed by atoms with van der Waals surface area (Å²) in [5.74, 6) is -0.0815. The van der Waals surface area contributed by atoms with E-state index in [1.165, 1.54) is 11.3 Å². The van der Waals surface area contributed by atoms with Gasteiger partial charge in [0.05, 0.1) is 11.7 Å². The maximum absolute atomic E-state index is 13.7. The lowest BCUT2D eigenvalue weighted by Gasteiger charge is -2.37. The van der Waals surface area contributed by atoms with Crippen LogP contribution in [0.1, 0.15) is 77.4 Å². The molecule has 196 valence electrons. The number of carbonyl (C=O) groups excluding carboxylic acids is 2. The number of likely N-dealkylation sites (N-methyl/N-ethyl adjacent to an activating group) is 2. The predicted molar refractivity (Wildman–Crippen MR) is 136 cm³/mol. The number of nitrogens with one attached hydrogen (secondary N) is 2. The Kier molecular flexibility index (Phi) is 12.6. The summed E-state index contributed by atoms with van der Waals surface area (Å²) in [5.41, 5.74) is 5.94. The van der Waals surface area contributed by atoms with Crippen molar-refractivity contribution in [3.8, 4) is 0 Å². The monoisotopic (exact) mass is 499 g/mol. The normalized spacial score (nSPS) is 17.2. The molecule has 1 heterocycles. The Hall–Kier alpha value is -1.59. The molecule has 0 aliphatic heterocycles. The van der Waals surface area contributed by atoms with E-state index in [1.54, 1.807) is 31.5 Å². The van der Waals surface area contributed by atoms with Gasteiger partial charge < -0.3 is 31.1 Å². The van der Waals surface area contributed by atoms with Gasteiger partial charge in [-0.3, -0.25) is 9.59 Å². The third kappa shape index (κ3) is 7.98. The third-order valence-corrected chi connectivity index (χ3v) is 7.46. The summed E-state index contributed by atoms with van der Waals surface area (Å²) >= 11 is 1.37. The van der Waals surface area contributed by atoms with Crippen LogP contribution in [0.25, 0.3) is 0 Å². The highest BCUT2D eigenvalue weighted by molar-refractivity contribution is 7.09. The maximum atomic E-state index is 13.7. The highest BCUT2D eigenvalue weighted by Gasteiger charge is 2.35. The number of thiazole rings is 1. The van der Waals surface area contributed by atoms with Gasteiger partial charge in [0, 0.05) is 32.0 Å². The predicted octanol–water partition coefficient (Wildman–Crippen LogP) is 2.43. The van der Waals surface area contributed by atoms with Crippen LogP contribution < -0.4 is 16.4 Å². The van der Waals surface area contributed by atoms with Gasteiger partial charge >= 0.3 is 0 Å². The number of amides is 2. The van der Waals surface area contributed by atoms with Crippen molar-refractivity contribution in [1.29, 1.82) is 0 Å². The van der Waals surface area contributed by atoms with Gasteiger partial charge in [0.2, 0.25) is 11.8 Å². The van der Waals surface area contributed by atoms with Crippen LogP contribution in [0.5, 0.6) is 0 Å². The van der Waals surface area contributed by atoms with E-state index in [9.17, 15) is 14.7 Å². The Morgan fingerprint density at radius 1 is 1.21 bits per heavy atom. The van der Waals surface area contributed by atoms with Gasteiger partial charge in [-0.1, -0.05) is 48.0 Å². The van der Waals surface area contributed by atoms with Crippen molar-refractivity contribution in [2.45, 2.75) is 84.8 Å². The highest BCUT2D eigenvalue weighted by atomic mass is 32.1. The topological polar surface area (TPSA) is 130 Å². The molecule has 9 nitrogen and oxygen atoms in total. The van der Waals surface area contributed by atoms with Gasteiger partial charge in [0.25, 0.3) is 0 Å². The highest BCUT2D eigenvalue weighted by Crippen LogP contribution is 2.30. The first kappa shape index (κ1) is 30.4. The number of rotatable bonds is 14. The molecule has 5 N–H and O–H groups in total. The fraction of sp³-hybridized carbons (Fsp3) is 0.792. The number of methoxy groups -OCH3 is 1. The second-order valence-electron chi connectivity index (χ2n) is 9.66. The molecule has 0 bridgehead atoms. The van der Waals surface area contributed by atoms with Crippen LogP contribution in [-0.4, -0.2) is 66.1 Å². The first-order valence-electron chi connectivity index (χ1n) is 12.0. The zero-order chi connectivity index (χ0) is 26.2. The molecule has 0 saturated heterocycles. The van der Waals surface area contributed by atoms with E-state index in [0.29, 0.717) is 17.1 Å². The van der Waals surface area contributed by atoms with Crippen molar-refractivity contribution >= 4 is 23.2 Å². The maximum Gasteiger partial charge on any atom is 0.245 e. The van der Waals surface area contributed by atoms with E-state index in [4.69, 9.17) is 10.5 Å². The summed E-state index contributed by atoms with van der Waals surface area (Å²) in [6.07, 6.45) is -0.213. The average Bonchev–Trinajstić information content (AvgIpc) is 3.27. The molecular formula is C24H45N5O4S. The lowest BCUT2D eigenvalue weighted by atomic mass is 9.92. The molecule has 1 rings (SSSR count). The number of aliphatic hydroxyl groups excluding tert-OH is 1. The summed E-state index contributed by atoms with van der Waals surface area (Å²) in [6.45, 7) is 12.1. The van der Waals surface area contributed by atoms with Crippen LogP contribution in [0, 0.1) is 17.8 Å². The Morgan fingerprint density at radius 2 is 1.82 bits per heavy atom. The van der Waals surface area contributed by atoms with E-state index >= 15 is 0 Å². The van der Waals surface area contributed by atoms with E-state index in [1.807, 2.05) is 27.7 Å². The average molecular weight is 500 g/mol. The van der Waals surface area contributed by atoms with Gasteiger partial charge in [-0.25, -0.2) is 4.98 Å². The lowest BCUT2D eigenvalue weighted by molar-refractivity contribution is -0.140. The Balaban J connectivity index is 3.13. The minimum absolute atomic E-state index is 0.0258. The second-order valence-corrected chi connectivity index (χ2v) is 10.5. The van der Waals surface area contributed by atoms with Gasteiger partial charge in [-0.2, -0.15) is 0 Å². The number of ether oxygens (including phenoxy) is 1. The molecular weight excluding hydrogens is 454 g/mol. The molecule has 0 aliphatic carbocycles. The summed E-state index contributed by atoms with van der Waals surface area (Å²) in [6, 6.07) is -1.15. The molecule has 1 aromatic heterocycles. The second kappa shape index (κ2) is 14.1. The lowest BCUT2D eigenvalue weighted by Crippen LogP contribution is -2.57.